The Balaban J connectivity index is 1.65. The number of aromatic nitrogens is 1. The summed E-state index contributed by atoms with van der Waals surface area (Å²) < 4.78 is 0. The fourth-order valence-electron chi connectivity index (χ4n) is 3.38. The third kappa shape index (κ3) is 7.23. The molecule has 0 aromatic carbocycles. The van der Waals surface area contributed by atoms with Gasteiger partial charge in [0.2, 0.25) is 0 Å². The predicted molar refractivity (Wildman–Crippen MR) is 113 cm³/mol. The van der Waals surface area contributed by atoms with Crippen LogP contribution in [0, 0.1) is 13.8 Å². The van der Waals surface area contributed by atoms with Crippen LogP contribution in [0.4, 0.5) is 0 Å². The Hall–Kier alpha value is -1.14. The van der Waals surface area contributed by atoms with E-state index in [0.29, 0.717) is 0 Å². The van der Waals surface area contributed by atoms with Gasteiger partial charge in [0.05, 0.1) is 10.7 Å². The molecule has 1 aromatic rings. The Morgan fingerprint density at radius 3 is 2.81 bits per heavy atom. The minimum atomic E-state index is 0.768. The number of nitrogens with one attached hydrogen (secondary N) is 2. The van der Waals surface area contributed by atoms with Gasteiger partial charge in [0, 0.05) is 37.0 Å². The van der Waals surface area contributed by atoms with Crippen molar-refractivity contribution in [2.45, 2.75) is 72.3 Å². The summed E-state index contributed by atoms with van der Waals surface area (Å²) in [6.45, 7) is 13.9. The molecule has 6 heteroatoms. The molecule has 1 aromatic heterocycles. The lowest BCUT2D eigenvalue weighted by Crippen LogP contribution is -2.38. The summed E-state index contributed by atoms with van der Waals surface area (Å²) >= 11 is 1.80. The molecule has 0 saturated carbocycles. The van der Waals surface area contributed by atoms with Crippen LogP contribution in [0.1, 0.15) is 61.5 Å². The van der Waals surface area contributed by atoms with Crippen molar-refractivity contribution in [3.8, 4) is 0 Å². The maximum atomic E-state index is 4.73. The number of likely N-dealkylation sites (tertiary alicyclic amines) is 1. The minimum absolute atomic E-state index is 0.768. The van der Waals surface area contributed by atoms with Crippen molar-refractivity contribution in [2.24, 2.45) is 4.99 Å². The van der Waals surface area contributed by atoms with E-state index in [1.54, 1.807) is 11.3 Å². The van der Waals surface area contributed by atoms with E-state index in [-0.39, 0.29) is 0 Å². The average molecular weight is 380 g/mol. The van der Waals surface area contributed by atoms with Gasteiger partial charge in [0.15, 0.2) is 5.96 Å². The topological polar surface area (TPSA) is 52.6 Å². The van der Waals surface area contributed by atoms with E-state index in [1.165, 1.54) is 48.7 Å². The zero-order valence-electron chi connectivity index (χ0n) is 17.1. The van der Waals surface area contributed by atoms with Gasteiger partial charge in [-0.1, -0.05) is 6.42 Å². The van der Waals surface area contributed by atoms with Gasteiger partial charge in [-0.2, -0.15) is 0 Å². The lowest BCUT2D eigenvalue weighted by Gasteiger charge is -2.33. The van der Waals surface area contributed by atoms with Crippen LogP contribution < -0.4 is 10.6 Å². The quantitative estimate of drug-likeness (QED) is 0.392. The first-order valence-corrected chi connectivity index (χ1v) is 11.1. The van der Waals surface area contributed by atoms with Crippen LogP contribution in [0.2, 0.25) is 0 Å². The van der Waals surface area contributed by atoms with E-state index < -0.39 is 0 Å². The first-order valence-electron chi connectivity index (χ1n) is 10.3. The summed E-state index contributed by atoms with van der Waals surface area (Å²) in [5, 5.41) is 7.99. The fourth-order valence-corrected chi connectivity index (χ4v) is 4.32. The third-order valence-corrected chi connectivity index (χ3v) is 6.24. The molecule has 2 heterocycles. The molecule has 0 radical (unpaired) electrons. The zero-order valence-corrected chi connectivity index (χ0v) is 17.9. The third-order valence-electron chi connectivity index (χ3n) is 5.11. The summed E-state index contributed by atoms with van der Waals surface area (Å²) in [4.78, 5) is 13.3. The van der Waals surface area contributed by atoms with Crippen LogP contribution >= 0.6 is 11.3 Å². The summed E-state index contributed by atoms with van der Waals surface area (Å²) in [5.41, 5.74) is 1.16. The maximum absolute atomic E-state index is 4.73. The van der Waals surface area contributed by atoms with Crippen LogP contribution in [0.5, 0.6) is 0 Å². The number of guanidine groups is 1. The molecule has 5 nitrogen and oxygen atoms in total. The van der Waals surface area contributed by atoms with Gasteiger partial charge in [-0.25, -0.2) is 4.98 Å². The molecule has 1 aliphatic heterocycles. The highest BCUT2D eigenvalue weighted by Crippen LogP contribution is 2.17. The van der Waals surface area contributed by atoms with E-state index in [0.717, 1.165) is 50.2 Å². The highest BCUT2D eigenvalue weighted by molar-refractivity contribution is 7.11. The Kier molecular flexibility index (Phi) is 9.40. The number of aliphatic imine (C=N–C) groups is 1. The minimum Gasteiger partial charge on any atom is -0.357 e. The Bertz CT molecular complexity index is 535. The van der Waals surface area contributed by atoms with Gasteiger partial charge >= 0.3 is 0 Å². The fraction of sp³-hybridized carbons (Fsp3) is 0.800. The van der Waals surface area contributed by atoms with E-state index in [1.807, 2.05) is 0 Å². The molecule has 2 N–H and O–H groups in total. The molecule has 0 aliphatic carbocycles. The molecule has 0 amide bonds. The van der Waals surface area contributed by atoms with E-state index in [9.17, 15) is 0 Å². The molecule has 2 rings (SSSR count). The second-order valence-corrected chi connectivity index (χ2v) is 8.56. The molecular formula is C20H37N5S. The second-order valence-electron chi connectivity index (χ2n) is 7.27. The number of hydrogen-bond donors (Lipinski definition) is 2. The van der Waals surface area contributed by atoms with Gasteiger partial charge in [0.1, 0.15) is 0 Å². The molecule has 1 atom stereocenters. The number of rotatable bonds is 9. The molecule has 0 bridgehead atoms. The van der Waals surface area contributed by atoms with Gasteiger partial charge in [-0.15, -0.1) is 11.3 Å². The average Bonchev–Trinajstić information content (AvgIpc) is 2.94. The van der Waals surface area contributed by atoms with Gasteiger partial charge in [-0.3, -0.25) is 4.99 Å². The van der Waals surface area contributed by atoms with Crippen molar-refractivity contribution >= 4 is 17.3 Å². The zero-order chi connectivity index (χ0) is 18.8. The largest absolute Gasteiger partial charge is 0.357 e. The Labute approximate surface area is 163 Å². The van der Waals surface area contributed by atoms with Crippen molar-refractivity contribution in [2.75, 3.05) is 32.7 Å². The number of piperidine rings is 1. The van der Waals surface area contributed by atoms with Crippen molar-refractivity contribution in [1.82, 2.24) is 20.5 Å². The predicted octanol–water partition coefficient (Wildman–Crippen LogP) is 3.51. The number of hydrogen-bond acceptors (Lipinski definition) is 4. The monoisotopic (exact) mass is 379 g/mol. The van der Waals surface area contributed by atoms with Gasteiger partial charge < -0.3 is 15.5 Å². The van der Waals surface area contributed by atoms with E-state index >= 15 is 0 Å². The molecule has 1 saturated heterocycles. The van der Waals surface area contributed by atoms with E-state index in [4.69, 9.17) is 4.99 Å². The molecule has 1 unspecified atom stereocenters. The molecule has 26 heavy (non-hydrogen) atoms. The highest BCUT2D eigenvalue weighted by atomic mass is 32.1. The summed E-state index contributed by atoms with van der Waals surface area (Å²) in [7, 11) is 0. The van der Waals surface area contributed by atoms with Crippen molar-refractivity contribution in [3.05, 3.63) is 15.6 Å². The standard InChI is InChI=1S/C20H37N5S/c1-5-21-20(23-13-11-19-24-17(3)18(4)26-19)22-12-7-9-15-25-14-8-6-10-16(25)2/h16H,5-15H2,1-4H3,(H2,21,22,23). The molecule has 0 spiro atoms. The van der Waals surface area contributed by atoms with Crippen molar-refractivity contribution in [3.63, 3.8) is 0 Å². The SMILES string of the molecule is CCNC(=NCCCCN1CCCCC1C)NCCc1nc(C)c(C)s1. The summed E-state index contributed by atoms with van der Waals surface area (Å²) in [6, 6.07) is 0.768. The molecule has 1 aliphatic rings. The summed E-state index contributed by atoms with van der Waals surface area (Å²) in [6.07, 6.45) is 7.49. The van der Waals surface area contributed by atoms with Gasteiger partial charge in [-0.05, 0) is 66.5 Å². The van der Waals surface area contributed by atoms with Crippen LogP contribution in [0.15, 0.2) is 4.99 Å². The van der Waals surface area contributed by atoms with E-state index in [2.05, 4.69) is 48.2 Å². The maximum Gasteiger partial charge on any atom is 0.191 e. The van der Waals surface area contributed by atoms with Crippen molar-refractivity contribution < 1.29 is 0 Å². The highest BCUT2D eigenvalue weighted by Gasteiger charge is 2.16. The number of thiazole rings is 1. The molecular weight excluding hydrogens is 342 g/mol. The smallest absolute Gasteiger partial charge is 0.191 e. The number of unbranched alkanes of at least 4 members (excludes halogenated alkanes) is 1. The van der Waals surface area contributed by atoms with Gasteiger partial charge in [0.25, 0.3) is 0 Å². The lowest BCUT2D eigenvalue weighted by atomic mass is 10.0. The van der Waals surface area contributed by atoms with Crippen LogP contribution in [0.3, 0.4) is 0 Å². The van der Waals surface area contributed by atoms with Crippen molar-refractivity contribution in [1.29, 1.82) is 0 Å². The normalized spacial score (nSPS) is 18.9. The summed E-state index contributed by atoms with van der Waals surface area (Å²) in [5.74, 6) is 0.934. The Morgan fingerprint density at radius 1 is 1.27 bits per heavy atom. The molecule has 1 fully saturated rings. The van der Waals surface area contributed by atoms with Crippen LogP contribution in [0.25, 0.3) is 0 Å². The molecule has 148 valence electrons. The first-order chi connectivity index (χ1) is 12.6. The Morgan fingerprint density at radius 2 is 2.12 bits per heavy atom. The number of aryl methyl sites for hydroxylation is 2. The van der Waals surface area contributed by atoms with Crippen LogP contribution in [-0.4, -0.2) is 54.6 Å². The first kappa shape index (κ1) is 21.2. The lowest BCUT2D eigenvalue weighted by molar-refractivity contribution is 0.158. The van der Waals surface area contributed by atoms with Crippen LogP contribution in [-0.2, 0) is 6.42 Å². The number of nitrogens with zero attached hydrogens (tertiary/aromatic N) is 3. The second kappa shape index (κ2) is 11.5.